The van der Waals surface area contributed by atoms with Gasteiger partial charge in [0, 0.05) is 10.9 Å². The molecule has 2 aromatic carbocycles. The van der Waals surface area contributed by atoms with E-state index in [1.807, 2.05) is 60.7 Å². The maximum Gasteiger partial charge on any atom is 0.411 e. The van der Waals surface area contributed by atoms with E-state index >= 15 is 0 Å². The number of hydrogen-bond donors (Lipinski definition) is 1. The molecule has 0 aliphatic heterocycles. The standard InChI is InChI=1S/C19H20F3NO2S/c1-14(12-25-13-19(20,21)22)23-18(24)17(15-8-4-2-5-9-15)26-16-10-6-3-7-11-16/h2-11,14,17H,12-13H2,1H3,(H,23,24). The number of halogens is 3. The second kappa shape index (κ2) is 9.64. The summed E-state index contributed by atoms with van der Waals surface area (Å²) in [6.07, 6.45) is -4.38. The number of carbonyl (C=O) groups excluding carboxylic acids is 1. The van der Waals surface area contributed by atoms with Crippen molar-refractivity contribution in [1.82, 2.24) is 5.32 Å². The maximum absolute atomic E-state index is 12.7. The third-order valence-corrected chi connectivity index (χ3v) is 4.63. The third kappa shape index (κ3) is 7.09. The van der Waals surface area contributed by atoms with Gasteiger partial charge in [-0.05, 0) is 24.6 Å². The number of hydrogen-bond acceptors (Lipinski definition) is 3. The lowest BCUT2D eigenvalue weighted by atomic mass is 10.1. The molecule has 0 fully saturated rings. The Morgan fingerprint density at radius 2 is 1.65 bits per heavy atom. The zero-order chi connectivity index (χ0) is 19.0. The van der Waals surface area contributed by atoms with Gasteiger partial charge in [0.05, 0.1) is 6.61 Å². The van der Waals surface area contributed by atoms with Crippen molar-refractivity contribution in [1.29, 1.82) is 0 Å². The average molecular weight is 383 g/mol. The number of amides is 1. The fourth-order valence-electron chi connectivity index (χ4n) is 2.25. The molecule has 0 aliphatic rings. The number of alkyl halides is 3. The second-order valence-electron chi connectivity index (χ2n) is 5.76. The lowest BCUT2D eigenvalue weighted by Gasteiger charge is -2.21. The highest BCUT2D eigenvalue weighted by atomic mass is 32.2. The van der Waals surface area contributed by atoms with Crippen molar-refractivity contribution in [3.63, 3.8) is 0 Å². The topological polar surface area (TPSA) is 38.3 Å². The SMILES string of the molecule is CC(COCC(F)(F)F)NC(=O)C(Sc1ccccc1)c1ccccc1. The Morgan fingerprint density at radius 3 is 2.23 bits per heavy atom. The fourth-order valence-corrected chi connectivity index (χ4v) is 3.30. The molecule has 7 heteroatoms. The molecule has 2 unspecified atom stereocenters. The summed E-state index contributed by atoms with van der Waals surface area (Å²) in [5, 5.41) is 2.22. The predicted molar refractivity (Wildman–Crippen MR) is 96.0 cm³/mol. The molecule has 140 valence electrons. The fraction of sp³-hybridized carbons (Fsp3) is 0.316. The molecule has 0 radical (unpaired) electrons. The average Bonchev–Trinajstić information content (AvgIpc) is 2.60. The van der Waals surface area contributed by atoms with E-state index < -0.39 is 24.1 Å². The first-order valence-electron chi connectivity index (χ1n) is 8.06. The normalized spacial score (nSPS) is 13.8. The van der Waals surface area contributed by atoms with Crippen LogP contribution in [0.2, 0.25) is 0 Å². The van der Waals surface area contributed by atoms with E-state index in [-0.39, 0.29) is 12.5 Å². The molecule has 2 aromatic rings. The quantitative estimate of drug-likeness (QED) is 0.677. The molecule has 0 aromatic heterocycles. The van der Waals surface area contributed by atoms with Gasteiger partial charge in [-0.25, -0.2) is 0 Å². The zero-order valence-corrected chi connectivity index (χ0v) is 15.0. The van der Waals surface area contributed by atoms with Crippen molar-refractivity contribution >= 4 is 17.7 Å². The van der Waals surface area contributed by atoms with E-state index in [0.29, 0.717) is 0 Å². The molecular formula is C19H20F3NO2S. The second-order valence-corrected chi connectivity index (χ2v) is 6.94. The Balaban J connectivity index is 2.01. The van der Waals surface area contributed by atoms with Gasteiger partial charge >= 0.3 is 6.18 Å². The molecule has 2 rings (SSSR count). The molecule has 0 aliphatic carbocycles. The van der Waals surface area contributed by atoms with Crippen LogP contribution in [-0.4, -0.2) is 31.3 Å². The Morgan fingerprint density at radius 1 is 1.08 bits per heavy atom. The summed E-state index contributed by atoms with van der Waals surface area (Å²) < 4.78 is 41.1. The minimum Gasteiger partial charge on any atom is -0.370 e. The predicted octanol–water partition coefficient (Wildman–Crippen LogP) is 4.60. The molecule has 0 saturated heterocycles. The van der Waals surface area contributed by atoms with Crippen LogP contribution in [0.5, 0.6) is 0 Å². The molecule has 0 bridgehead atoms. The van der Waals surface area contributed by atoms with E-state index in [4.69, 9.17) is 0 Å². The minimum atomic E-state index is -4.38. The van der Waals surface area contributed by atoms with Gasteiger partial charge in [-0.2, -0.15) is 13.2 Å². The number of thioether (sulfide) groups is 1. The van der Waals surface area contributed by atoms with Crippen LogP contribution in [0.1, 0.15) is 17.7 Å². The molecule has 1 amide bonds. The Kier molecular flexibility index (Phi) is 7.53. The van der Waals surface area contributed by atoms with E-state index in [1.54, 1.807) is 6.92 Å². The van der Waals surface area contributed by atoms with E-state index in [1.165, 1.54) is 11.8 Å². The number of rotatable bonds is 8. The van der Waals surface area contributed by atoms with Crippen LogP contribution >= 0.6 is 11.8 Å². The number of carbonyl (C=O) groups is 1. The largest absolute Gasteiger partial charge is 0.411 e. The summed E-state index contributed by atoms with van der Waals surface area (Å²) in [5.41, 5.74) is 0.822. The Labute approximate surface area is 154 Å². The van der Waals surface area contributed by atoms with E-state index in [9.17, 15) is 18.0 Å². The Hall–Kier alpha value is -1.99. The van der Waals surface area contributed by atoms with Gasteiger partial charge < -0.3 is 10.1 Å². The summed E-state index contributed by atoms with van der Waals surface area (Å²) in [6, 6.07) is 18.2. The first-order chi connectivity index (χ1) is 12.3. The van der Waals surface area contributed by atoms with Gasteiger partial charge in [-0.1, -0.05) is 48.5 Å². The lowest BCUT2D eigenvalue weighted by molar-refractivity contribution is -0.175. The number of ether oxygens (including phenoxy) is 1. The van der Waals surface area contributed by atoms with Gasteiger partial charge in [0.2, 0.25) is 5.91 Å². The van der Waals surface area contributed by atoms with Crippen molar-refractivity contribution < 1.29 is 22.7 Å². The van der Waals surface area contributed by atoms with Gasteiger partial charge in [0.15, 0.2) is 0 Å². The first-order valence-corrected chi connectivity index (χ1v) is 8.94. The van der Waals surface area contributed by atoms with Crippen LogP contribution in [0.3, 0.4) is 0 Å². The highest BCUT2D eigenvalue weighted by molar-refractivity contribution is 8.00. The van der Waals surface area contributed by atoms with Crippen LogP contribution < -0.4 is 5.32 Å². The van der Waals surface area contributed by atoms with Crippen molar-refractivity contribution in [2.24, 2.45) is 0 Å². The molecule has 26 heavy (non-hydrogen) atoms. The first kappa shape index (κ1) is 20.3. The minimum absolute atomic E-state index is 0.206. The smallest absolute Gasteiger partial charge is 0.370 e. The summed E-state index contributed by atoms with van der Waals surface area (Å²) in [5.74, 6) is -0.270. The molecule has 2 atom stereocenters. The van der Waals surface area contributed by atoms with E-state index in [0.717, 1.165) is 10.5 Å². The van der Waals surface area contributed by atoms with Crippen molar-refractivity contribution in [2.45, 2.75) is 29.3 Å². The van der Waals surface area contributed by atoms with Gasteiger partial charge in [0.1, 0.15) is 11.9 Å². The van der Waals surface area contributed by atoms with Crippen LogP contribution in [0.4, 0.5) is 13.2 Å². The van der Waals surface area contributed by atoms with Crippen molar-refractivity contribution in [3.8, 4) is 0 Å². The lowest BCUT2D eigenvalue weighted by Crippen LogP contribution is -2.39. The summed E-state index contributed by atoms with van der Waals surface area (Å²) >= 11 is 1.39. The third-order valence-electron chi connectivity index (χ3n) is 3.36. The zero-order valence-electron chi connectivity index (χ0n) is 14.2. The monoisotopic (exact) mass is 383 g/mol. The summed E-state index contributed by atoms with van der Waals surface area (Å²) in [7, 11) is 0. The highest BCUT2D eigenvalue weighted by Gasteiger charge is 2.28. The molecule has 0 heterocycles. The molecule has 3 nitrogen and oxygen atoms in total. The number of nitrogens with one attached hydrogen (secondary N) is 1. The van der Waals surface area contributed by atoms with Crippen LogP contribution in [0.15, 0.2) is 65.6 Å². The van der Waals surface area contributed by atoms with Gasteiger partial charge in [-0.15, -0.1) is 11.8 Å². The Bertz CT molecular complexity index is 680. The van der Waals surface area contributed by atoms with Crippen molar-refractivity contribution in [3.05, 3.63) is 66.2 Å². The van der Waals surface area contributed by atoms with Crippen LogP contribution in [-0.2, 0) is 9.53 Å². The maximum atomic E-state index is 12.7. The summed E-state index contributed by atoms with van der Waals surface area (Å²) in [6.45, 7) is 0.0837. The summed E-state index contributed by atoms with van der Waals surface area (Å²) in [4.78, 5) is 13.6. The van der Waals surface area contributed by atoms with Crippen LogP contribution in [0, 0.1) is 0 Å². The molecule has 0 saturated carbocycles. The van der Waals surface area contributed by atoms with E-state index in [2.05, 4.69) is 10.1 Å². The highest BCUT2D eigenvalue weighted by Crippen LogP contribution is 2.35. The molecule has 0 spiro atoms. The van der Waals surface area contributed by atoms with Gasteiger partial charge in [0.25, 0.3) is 0 Å². The molecule has 1 N–H and O–H groups in total. The molecular weight excluding hydrogens is 363 g/mol. The number of benzene rings is 2. The van der Waals surface area contributed by atoms with Crippen LogP contribution in [0.25, 0.3) is 0 Å². The van der Waals surface area contributed by atoms with Gasteiger partial charge in [-0.3, -0.25) is 4.79 Å². The van der Waals surface area contributed by atoms with Crippen molar-refractivity contribution in [2.75, 3.05) is 13.2 Å².